The van der Waals surface area contributed by atoms with Crippen molar-refractivity contribution in [1.29, 1.82) is 0 Å². The SMILES string of the molecule is C[C@H]1[C@H]([Si](C)(C)F)[C@@H](CC(=O)N(CCO)Cc2ccccc2)O[C@]12C(=O)N(Cc1ccc(N3CCC3=O)cc1)c1ccc(Cl)cc12. The van der Waals surface area contributed by atoms with Crippen molar-refractivity contribution in [3.8, 4) is 0 Å². The van der Waals surface area contributed by atoms with Crippen LogP contribution in [0.4, 0.5) is 15.5 Å². The number of benzene rings is 3. The van der Waals surface area contributed by atoms with Gasteiger partial charge in [0, 0.05) is 53.8 Å². The van der Waals surface area contributed by atoms with Crippen molar-refractivity contribution in [2.45, 2.75) is 63.2 Å². The number of carbonyl (C=O) groups is 3. The molecule has 3 aliphatic heterocycles. The highest BCUT2D eigenvalue weighted by Gasteiger charge is 2.67. The number of aliphatic hydroxyl groups excluding tert-OH is 1. The molecule has 2 saturated heterocycles. The van der Waals surface area contributed by atoms with Gasteiger partial charge in [-0.1, -0.05) is 61.0 Å². The van der Waals surface area contributed by atoms with Crippen LogP contribution in [0.25, 0.3) is 0 Å². The van der Waals surface area contributed by atoms with Gasteiger partial charge in [-0.3, -0.25) is 14.4 Å². The van der Waals surface area contributed by atoms with Gasteiger partial charge in [-0.15, -0.1) is 0 Å². The minimum absolute atomic E-state index is 0.0871. The molecule has 3 aromatic carbocycles. The maximum Gasteiger partial charge on any atom is 0.264 e. The summed E-state index contributed by atoms with van der Waals surface area (Å²) in [6, 6.07) is 22.3. The molecule has 3 heterocycles. The Bertz CT molecular complexity index is 1640. The van der Waals surface area contributed by atoms with Crippen LogP contribution >= 0.6 is 11.6 Å². The molecule has 6 rings (SSSR count). The number of rotatable bonds is 10. The van der Waals surface area contributed by atoms with Crippen molar-refractivity contribution >= 4 is 49.1 Å². The van der Waals surface area contributed by atoms with E-state index in [4.69, 9.17) is 16.3 Å². The Kier molecular flexibility index (Phi) is 8.84. The molecule has 8 nitrogen and oxygen atoms in total. The van der Waals surface area contributed by atoms with Gasteiger partial charge in [0.25, 0.3) is 5.91 Å². The second kappa shape index (κ2) is 12.6. The van der Waals surface area contributed by atoms with Gasteiger partial charge in [0.1, 0.15) is 0 Å². The first-order chi connectivity index (χ1) is 21.9. The second-order valence-electron chi connectivity index (χ2n) is 13.0. The summed E-state index contributed by atoms with van der Waals surface area (Å²) in [6.45, 7) is 6.19. The predicted molar refractivity (Wildman–Crippen MR) is 178 cm³/mol. The molecule has 4 atom stereocenters. The number of halogens is 2. The van der Waals surface area contributed by atoms with Gasteiger partial charge in [0.15, 0.2) is 5.60 Å². The van der Waals surface area contributed by atoms with Crippen molar-refractivity contribution in [2.75, 3.05) is 29.5 Å². The highest BCUT2D eigenvalue weighted by atomic mass is 35.5. The molecule has 0 saturated carbocycles. The van der Waals surface area contributed by atoms with Crippen LogP contribution in [0.3, 0.4) is 0 Å². The molecular weight excluding hydrogens is 625 g/mol. The number of amides is 3. The lowest BCUT2D eigenvalue weighted by atomic mass is 9.82. The molecule has 0 bridgehead atoms. The number of hydrogen-bond acceptors (Lipinski definition) is 5. The zero-order valence-electron chi connectivity index (χ0n) is 26.3. The first-order valence-corrected chi connectivity index (χ1v) is 19.1. The second-order valence-corrected chi connectivity index (χ2v) is 17.2. The van der Waals surface area contributed by atoms with Gasteiger partial charge in [-0.2, -0.15) is 0 Å². The number of nitrogens with zero attached hydrogens (tertiary/aromatic N) is 3. The number of anilines is 2. The number of carbonyl (C=O) groups excluding carboxylic acids is 3. The summed E-state index contributed by atoms with van der Waals surface area (Å²) < 4.78 is 23.0. The fourth-order valence-corrected chi connectivity index (χ4v) is 10.1. The van der Waals surface area contributed by atoms with E-state index in [1.807, 2.05) is 61.5 Å². The summed E-state index contributed by atoms with van der Waals surface area (Å²) in [4.78, 5) is 45.3. The first-order valence-electron chi connectivity index (χ1n) is 15.7. The number of fused-ring (bicyclic) bond motifs is 2. The van der Waals surface area contributed by atoms with E-state index in [1.54, 1.807) is 46.0 Å². The van der Waals surface area contributed by atoms with Crippen LogP contribution in [0.1, 0.15) is 36.5 Å². The summed E-state index contributed by atoms with van der Waals surface area (Å²) in [5, 5.41) is 10.2. The normalized spacial score (nSPS) is 24.0. The van der Waals surface area contributed by atoms with Gasteiger partial charge in [-0.25, -0.2) is 0 Å². The lowest BCUT2D eigenvalue weighted by Gasteiger charge is -2.31. The quantitative estimate of drug-likeness (QED) is 0.168. The van der Waals surface area contributed by atoms with Gasteiger partial charge < -0.3 is 28.7 Å². The Morgan fingerprint density at radius 3 is 2.41 bits per heavy atom. The molecule has 1 spiro atoms. The van der Waals surface area contributed by atoms with E-state index < -0.39 is 31.6 Å². The number of hydrogen-bond donors (Lipinski definition) is 1. The molecule has 1 N–H and O–H groups in total. The zero-order valence-corrected chi connectivity index (χ0v) is 28.0. The molecule has 2 fully saturated rings. The summed E-state index contributed by atoms with van der Waals surface area (Å²) in [7, 11) is -3.50. The Balaban J connectivity index is 1.31. The maximum atomic E-state index is 16.3. The average molecular weight is 664 g/mol. The fourth-order valence-electron chi connectivity index (χ4n) is 7.45. The Labute approximate surface area is 274 Å². The number of ether oxygens (including phenoxy) is 1. The standard InChI is InChI=1S/C35H39ClFN3O5Si/c1-23-33(46(2,3)37)30(20-32(43)38(17-18-41)21-24-7-5-4-6-8-24)45-35(23)28-19-26(36)11-14-29(28)40(34(35)44)22-25-9-12-27(13-10-25)39-16-15-31(39)42/h4-14,19,23,30,33,41H,15-18,20-22H2,1-3H3/t23-,30+,33-,35+/m0/s1. The molecule has 242 valence electrons. The van der Waals surface area contributed by atoms with Crippen LogP contribution in [0.15, 0.2) is 72.8 Å². The van der Waals surface area contributed by atoms with E-state index in [0.29, 0.717) is 35.8 Å². The largest absolute Gasteiger partial charge is 0.395 e. The van der Waals surface area contributed by atoms with Crippen molar-refractivity contribution in [3.63, 3.8) is 0 Å². The molecule has 3 amide bonds. The van der Waals surface area contributed by atoms with Crippen LogP contribution < -0.4 is 9.80 Å². The van der Waals surface area contributed by atoms with Gasteiger partial charge >= 0.3 is 0 Å². The van der Waals surface area contributed by atoms with E-state index >= 15 is 4.11 Å². The van der Waals surface area contributed by atoms with Crippen molar-refractivity contribution in [1.82, 2.24) is 4.90 Å². The van der Waals surface area contributed by atoms with Gasteiger partial charge in [0.2, 0.25) is 20.2 Å². The summed E-state index contributed by atoms with van der Waals surface area (Å²) in [5.41, 5.74) is 1.63. The molecule has 0 radical (unpaired) electrons. The van der Waals surface area contributed by atoms with E-state index in [-0.39, 0.29) is 43.8 Å². The predicted octanol–water partition coefficient (Wildman–Crippen LogP) is 5.81. The fraction of sp³-hybridized carbons (Fsp3) is 0.400. The van der Waals surface area contributed by atoms with Crippen LogP contribution in [0, 0.1) is 5.92 Å². The van der Waals surface area contributed by atoms with E-state index in [0.717, 1.165) is 16.8 Å². The zero-order chi connectivity index (χ0) is 32.8. The van der Waals surface area contributed by atoms with Crippen LogP contribution in [0.5, 0.6) is 0 Å². The van der Waals surface area contributed by atoms with E-state index in [9.17, 15) is 19.5 Å². The van der Waals surface area contributed by atoms with E-state index in [2.05, 4.69) is 0 Å². The summed E-state index contributed by atoms with van der Waals surface area (Å²) in [6.07, 6.45) is -0.429. The number of aliphatic hydroxyl groups is 1. The van der Waals surface area contributed by atoms with Crippen molar-refractivity contribution < 1.29 is 28.3 Å². The third-order valence-electron chi connectivity index (χ3n) is 9.68. The van der Waals surface area contributed by atoms with Gasteiger partial charge in [0.05, 0.1) is 31.4 Å². The van der Waals surface area contributed by atoms with Crippen molar-refractivity contribution in [3.05, 3.63) is 94.5 Å². The smallest absolute Gasteiger partial charge is 0.264 e. The summed E-state index contributed by atoms with van der Waals surface area (Å²) >= 11 is 6.50. The molecule has 46 heavy (non-hydrogen) atoms. The molecule has 0 aliphatic carbocycles. The Morgan fingerprint density at radius 1 is 1.09 bits per heavy atom. The highest BCUT2D eigenvalue weighted by molar-refractivity contribution is 6.72. The Hall–Kier alpha value is -3.57. The van der Waals surface area contributed by atoms with Crippen LogP contribution in [-0.2, 0) is 37.8 Å². The molecule has 0 unspecified atom stereocenters. The molecule has 0 aromatic heterocycles. The monoisotopic (exact) mass is 663 g/mol. The van der Waals surface area contributed by atoms with Crippen LogP contribution in [0.2, 0.25) is 23.7 Å². The van der Waals surface area contributed by atoms with Crippen LogP contribution in [-0.4, -0.2) is 61.9 Å². The lowest BCUT2D eigenvalue weighted by molar-refractivity contribution is -0.150. The third kappa shape index (κ3) is 5.76. The minimum atomic E-state index is -3.50. The summed E-state index contributed by atoms with van der Waals surface area (Å²) in [5.74, 6) is -1.07. The Morgan fingerprint density at radius 2 is 1.80 bits per heavy atom. The molecule has 3 aliphatic rings. The minimum Gasteiger partial charge on any atom is -0.395 e. The topological polar surface area (TPSA) is 90.4 Å². The first kappa shape index (κ1) is 32.4. The maximum absolute atomic E-state index is 16.3. The molecular formula is C35H39ClFN3O5Si. The van der Waals surface area contributed by atoms with E-state index in [1.165, 1.54) is 0 Å². The van der Waals surface area contributed by atoms with Crippen molar-refractivity contribution in [2.24, 2.45) is 5.92 Å². The third-order valence-corrected chi connectivity index (χ3v) is 12.4. The highest BCUT2D eigenvalue weighted by Crippen LogP contribution is 2.60. The number of β-lactam (4-membered cyclic amide) rings is 1. The molecule has 11 heteroatoms. The molecule has 3 aromatic rings. The average Bonchev–Trinajstić information content (AvgIpc) is 3.43. The lowest BCUT2D eigenvalue weighted by Crippen LogP contribution is -2.45. The van der Waals surface area contributed by atoms with Gasteiger partial charge in [-0.05, 0) is 54.6 Å².